The molecule has 1 saturated heterocycles. The number of hydrogen-bond donors (Lipinski definition) is 1. The second kappa shape index (κ2) is 7.72. The molecule has 0 unspecified atom stereocenters. The number of halogens is 1. The minimum absolute atomic E-state index is 0.0246. The fourth-order valence-corrected chi connectivity index (χ4v) is 3.16. The minimum atomic E-state index is -0.732. The van der Waals surface area contributed by atoms with E-state index in [0.717, 1.165) is 5.56 Å². The number of aliphatic hydroxyl groups is 1. The summed E-state index contributed by atoms with van der Waals surface area (Å²) in [4.78, 5) is 28.8. The number of aliphatic hydroxyl groups excluding tert-OH is 1. The number of hydrogen-bond acceptors (Lipinski definition) is 4. The Bertz CT molecular complexity index is 876. The molecule has 1 heterocycles. The Balaban J connectivity index is 2.12. The van der Waals surface area contributed by atoms with E-state index >= 15 is 0 Å². The van der Waals surface area contributed by atoms with Crippen LogP contribution in [0, 0.1) is 5.82 Å². The molecule has 1 N–H and O–H groups in total. The average Bonchev–Trinajstić information content (AvgIpc) is 2.91. The summed E-state index contributed by atoms with van der Waals surface area (Å²) in [6.07, 6.45) is 0. The predicted octanol–water partition coefficient (Wildman–Crippen LogP) is 2.81. The molecule has 0 saturated carbocycles. The highest BCUT2D eigenvalue weighted by Crippen LogP contribution is 2.39. The molecular weight excluding hydrogens is 347 g/mol. The number of carbonyl (C=O) groups excluding carboxylic acids is 2. The third kappa shape index (κ3) is 3.75. The Kier molecular flexibility index (Phi) is 5.37. The minimum Gasteiger partial charge on any atom is -0.507 e. The van der Waals surface area contributed by atoms with Gasteiger partial charge in [-0.2, -0.15) is 0 Å². The molecule has 6 heteroatoms. The van der Waals surface area contributed by atoms with Gasteiger partial charge in [-0.1, -0.05) is 30.3 Å². The van der Waals surface area contributed by atoms with E-state index in [1.807, 2.05) is 49.3 Å². The van der Waals surface area contributed by atoms with Crippen LogP contribution >= 0.6 is 0 Å². The Labute approximate surface area is 157 Å². The van der Waals surface area contributed by atoms with Crippen molar-refractivity contribution in [3.63, 3.8) is 0 Å². The summed E-state index contributed by atoms with van der Waals surface area (Å²) in [7, 11) is 3.76. The van der Waals surface area contributed by atoms with Crippen LogP contribution in [0.2, 0.25) is 0 Å². The van der Waals surface area contributed by atoms with E-state index in [1.54, 1.807) is 0 Å². The largest absolute Gasteiger partial charge is 0.507 e. The second-order valence-corrected chi connectivity index (χ2v) is 6.71. The topological polar surface area (TPSA) is 60.9 Å². The number of likely N-dealkylation sites (N-methyl/N-ethyl adjacent to an activating group) is 1. The first kappa shape index (κ1) is 18.8. The van der Waals surface area contributed by atoms with Crippen LogP contribution in [0.1, 0.15) is 17.2 Å². The van der Waals surface area contributed by atoms with Gasteiger partial charge in [0.25, 0.3) is 11.7 Å². The van der Waals surface area contributed by atoms with Crippen molar-refractivity contribution in [2.24, 2.45) is 0 Å². The SMILES string of the molecule is CN(C)CCN1C(=O)C(=O)C(=C(O)c2ccc(F)cc2)[C@@H]1c1ccccc1. The fraction of sp³-hybridized carbons (Fsp3) is 0.238. The standard InChI is InChI=1S/C21H21FN2O3/c1-23(2)12-13-24-18(14-6-4-3-5-7-14)17(20(26)21(24)27)19(25)15-8-10-16(22)11-9-15/h3-11,18,25H,12-13H2,1-2H3/t18-/m0/s1. The van der Waals surface area contributed by atoms with Crippen molar-refractivity contribution in [2.45, 2.75) is 6.04 Å². The highest BCUT2D eigenvalue weighted by molar-refractivity contribution is 6.46. The molecular formula is C21H21FN2O3. The van der Waals surface area contributed by atoms with E-state index in [2.05, 4.69) is 0 Å². The van der Waals surface area contributed by atoms with Gasteiger partial charge in [0.1, 0.15) is 11.6 Å². The van der Waals surface area contributed by atoms with Gasteiger partial charge in [0.05, 0.1) is 11.6 Å². The van der Waals surface area contributed by atoms with Crippen LogP contribution in [-0.2, 0) is 9.59 Å². The number of amides is 1. The summed E-state index contributed by atoms with van der Waals surface area (Å²) >= 11 is 0. The maximum absolute atomic E-state index is 13.2. The molecule has 27 heavy (non-hydrogen) atoms. The Morgan fingerprint density at radius 1 is 1.07 bits per heavy atom. The normalized spacial score (nSPS) is 19.1. The van der Waals surface area contributed by atoms with E-state index in [0.29, 0.717) is 18.7 Å². The highest BCUT2D eigenvalue weighted by Gasteiger charge is 2.45. The Hall–Kier alpha value is -2.99. The number of nitrogens with zero attached hydrogens (tertiary/aromatic N) is 2. The van der Waals surface area contributed by atoms with Gasteiger partial charge < -0.3 is 14.9 Å². The summed E-state index contributed by atoms with van der Waals surface area (Å²) in [6, 6.07) is 13.6. The summed E-state index contributed by atoms with van der Waals surface area (Å²) < 4.78 is 13.2. The van der Waals surface area contributed by atoms with Gasteiger partial charge in [0.2, 0.25) is 0 Å². The van der Waals surface area contributed by atoms with Crippen molar-refractivity contribution in [3.05, 3.63) is 77.1 Å². The van der Waals surface area contributed by atoms with E-state index < -0.39 is 23.5 Å². The molecule has 5 nitrogen and oxygen atoms in total. The second-order valence-electron chi connectivity index (χ2n) is 6.71. The van der Waals surface area contributed by atoms with Crippen molar-refractivity contribution in [2.75, 3.05) is 27.2 Å². The first-order valence-corrected chi connectivity index (χ1v) is 8.64. The molecule has 2 aromatic rings. The number of benzene rings is 2. The van der Waals surface area contributed by atoms with Gasteiger partial charge in [-0.25, -0.2) is 4.39 Å². The Morgan fingerprint density at radius 3 is 2.30 bits per heavy atom. The average molecular weight is 368 g/mol. The summed E-state index contributed by atoms with van der Waals surface area (Å²) in [5.41, 5.74) is 1.05. The summed E-state index contributed by atoms with van der Waals surface area (Å²) in [5.74, 6) is -2.12. The molecule has 1 aliphatic rings. The molecule has 1 amide bonds. The molecule has 0 spiro atoms. The molecule has 0 aliphatic carbocycles. The lowest BCUT2D eigenvalue weighted by molar-refractivity contribution is -0.140. The molecule has 140 valence electrons. The van der Waals surface area contributed by atoms with Crippen molar-refractivity contribution >= 4 is 17.4 Å². The van der Waals surface area contributed by atoms with Crippen LogP contribution in [0.3, 0.4) is 0 Å². The predicted molar refractivity (Wildman–Crippen MR) is 100 cm³/mol. The van der Waals surface area contributed by atoms with Gasteiger partial charge >= 0.3 is 0 Å². The third-order valence-corrected chi connectivity index (χ3v) is 4.56. The zero-order valence-electron chi connectivity index (χ0n) is 15.2. The summed E-state index contributed by atoms with van der Waals surface area (Å²) in [6.45, 7) is 0.921. The van der Waals surface area contributed by atoms with E-state index in [-0.39, 0.29) is 11.3 Å². The Morgan fingerprint density at radius 2 is 1.70 bits per heavy atom. The molecule has 0 bridgehead atoms. The molecule has 1 atom stereocenters. The molecule has 2 aromatic carbocycles. The van der Waals surface area contributed by atoms with Crippen LogP contribution < -0.4 is 0 Å². The zero-order valence-corrected chi connectivity index (χ0v) is 15.2. The third-order valence-electron chi connectivity index (χ3n) is 4.56. The lowest BCUT2D eigenvalue weighted by Gasteiger charge is -2.26. The van der Waals surface area contributed by atoms with Gasteiger partial charge in [-0.3, -0.25) is 9.59 Å². The molecule has 1 aliphatic heterocycles. The fourth-order valence-electron chi connectivity index (χ4n) is 3.16. The van der Waals surface area contributed by atoms with Crippen LogP contribution in [0.5, 0.6) is 0 Å². The molecule has 3 rings (SSSR count). The maximum Gasteiger partial charge on any atom is 0.295 e. The molecule has 0 aromatic heterocycles. The van der Waals surface area contributed by atoms with Gasteiger partial charge in [0, 0.05) is 18.7 Å². The maximum atomic E-state index is 13.2. The quantitative estimate of drug-likeness (QED) is 0.501. The smallest absolute Gasteiger partial charge is 0.295 e. The van der Waals surface area contributed by atoms with Crippen LogP contribution in [0.25, 0.3) is 5.76 Å². The number of rotatable bonds is 5. The molecule has 0 radical (unpaired) electrons. The number of carbonyl (C=O) groups is 2. The summed E-state index contributed by atoms with van der Waals surface area (Å²) in [5, 5.41) is 10.8. The highest BCUT2D eigenvalue weighted by atomic mass is 19.1. The van der Waals surface area contributed by atoms with Crippen molar-refractivity contribution in [1.82, 2.24) is 9.80 Å². The number of ketones is 1. The van der Waals surface area contributed by atoms with E-state index in [4.69, 9.17) is 0 Å². The van der Waals surface area contributed by atoms with Gasteiger partial charge in [-0.05, 0) is 43.9 Å². The van der Waals surface area contributed by atoms with E-state index in [1.165, 1.54) is 29.2 Å². The molecule has 1 fully saturated rings. The lowest BCUT2D eigenvalue weighted by Crippen LogP contribution is -2.35. The van der Waals surface area contributed by atoms with Crippen LogP contribution in [-0.4, -0.2) is 53.8 Å². The number of Topliss-reactive ketones (excluding diaryl/α,β-unsaturated/α-hetero) is 1. The monoisotopic (exact) mass is 368 g/mol. The van der Waals surface area contributed by atoms with E-state index in [9.17, 15) is 19.1 Å². The van der Waals surface area contributed by atoms with Crippen molar-refractivity contribution < 1.29 is 19.1 Å². The van der Waals surface area contributed by atoms with Crippen LogP contribution in [0.4, 0.5) is 4.39 Å². The zero-order chi connectivity index (χ0) is 19.6. The van der Waals surface area contributed by atoms with Crippen LogP contribution in [0.15, 0.2) is 60.2 Å². The van der Waals surface area contributed by atoms with Gasteiger partial charge in [-0.15, -0.1) is 0 Å². The number of likely N-dealkylation sites (tertiary alicyclic amines) is 1. The van der Waals surface area contributed by atoms with Crippen molar-refractivity contribution in [1.29, 1.82) is 0 Å². The first-order valence-electron chi connectivity index (χ1n) is 8.64. The lowest BCUT2D eigenvalue weighted by atomic mass is 9.95. The first-order chi connectivity index (χ1) is 12.9. The van der Waals surface area contributed by atoms with Gasteiger partial charge in [0.15, 0.2) is 0 Å². The van der Waals surface area contributed by atoms with Crippen molar-refractivity contribution in [3.8, 4) is 0 Å².